The van der Waals surface area contributed by atoms with E-state index in [2.05, 4.69) is 0 Å². The summed E-state index contributed by atoms with van der Waals surface area (Å²) in [7, 11) is 0. The first-order chi connectivity index (χ1) is 7.58. The highest BCUT2D eigenvalue weighted by Crippen LogP contribution is 2.47. The van der Waals surface area contributed by atoms with Gasteiger partial charge in [-0.3, -0.25) is 0 Å². The quantitative estimate of drug-likeness (QED) is 0.768. The molecule has 0 saturated heterocycles. The predicted molar refractivity (Wildman–Crippen MR) is 48.3 cm³/mol. The number of halogens is 6. The molecular formula is C10H14F6O. The van der Waals surface area contributed by atoms with Crippen LogP contribution in [0.1, 0.15) is 38.5 Å². The smallest absolute Gasteiger partial charge is 0.374 e. The molecule has 1 aliphatic rings. The summed E-state index contributed by atoms with van der Waals surface area (Å²) in [5.41, 5.74) is -4.57. The van der Waals surface area contributed by atoms with Gasteiger partial charge in [-0.05, 0) is 18.8 Å². The van der Waals surface area contributed by atoms with Crippen LogP contribution in [0.4, 0.5) is 26.3 Å². The van der Waals surface area contributed by atoms with Gasteiger partial charge in [0, 0.05) is 0 Å². The number of hydrogen-bond donors (Lipinski definition) is 1. The fraction of sp³-hybridized carbons (Fsp3) is 1.00. The molecule has 1 saturated carbocycles. The summed E-state index contributed by atoms with van der Waals surface area (Å²) < 4.78 is 73.8. The van der Waals surface area contributed by atoms with Gasteiger partial charge < -0.3 is 5.11 Å². The van der Waals surface area contributed by atoms with Crippen molar-refractivity contribution in [1.82, 2.24) is 0 Å². The molecule has 1 nitrogen and oxygen atoms in total. The molecule has 102 valence electrons. The molecule has 0 aliphatic heterocycles. The van der Waals surface area contributed by atoms with Crippen molar-refractivity contribution in [3.63, 3.8) is 0 Å². The van der Waals surface area contributed by atoms with Gasteiger partial charge in [-0.2, -0.15) is 26.3 Å². The van der Waals surface area contributed by atoms with E-state index in [0.29, 0.717) is 12.8 Å². The maximum atomic E-state index is 12.3. The van der Waals surface area contributed by atoms with E-state index in [1.807, 2.05) is 0 Å². The maximum absolute atomic E-state index is 12.3. The zero-order valence-electron chi connectivity index (χ0n) is 9.03. The van der Waals surface area contributed by atoms with Crippen LogP contribution in [0.25, 0.3) is 0 Å². The van der Waals surface area contributed by atoms with E-state index in [1.165, 1.54) is 0 Å². The van der Waals surface area contributed by atoms with Crippen LogP contribution in [-0.2, 0) is 0 Å². The summed E-state index contributed by atoms with van der Waals surface area (Å²) in [5.74, 6) is -0.133. The van der Waals surface area contributed by atoms with Crippen molar-refractivity contribution in [3.05, 3.63) is 0 Å². The molecule has 0 atom stereocenters. The summed E-state index contributed by atoms with van der Waals surface area (Å²) >= 11 is 0. The lowest BCUT2D eigenvalue weighted by atomic mass is 9.90. The molecule has 1 aliphatic carbocycles. The molecule has 0 amide bonds. The fourth-order valence-electron chi connectivity index (χ4n) is 2.16. The van der Waals surface area contributed by atoms with Crippen LogP contribution >= 0.6 is 0 Å². The molecule has 1 fully saturated rings. The number of hydrogen-bond acceptors (Lipinski definition) is 1. The Morgan fingerprint density at radius 2 is 1.29 bits per heavy atom. The van der Waals surface area contributed by atoms with Crippen molar-refractivity contribution >= 4 is 0 Å². The van der Waals surface area contributed by atoms with Gasteiger partial charge in [0.05, 0.1) is 0 Å². The molecule has 0 unspecified atom stereocenters. The van der Waals surface area contributed by atoms with Crippen molar-refractivity contribution in [3.8, 4) is 0 Å². The van der Waals surface area contributed by atoms with Crippen molar-refractivity contribution < 1.29 is 31.4 Å². The van der Waals surface area contributed by atoms with Crippen molar-refractivity contribution in [2.24, 2.45) is 5.92 Å². The lowest BCUT2D eigenvalue weighted by Gasteiger charge is -2.33. The maximum Gasteiger partial charge on any atom is 0.426 e. The van der Waals surface area contributed by atoms with Crippen molar-refractivity contribution in [2.75, 3.05) is 0 Å². The highest BCUT2D eigenvalue weighted by Gasteiger charge is 2.69. The Balaban J connectivity index is 2.71. The van der Waals surface area contributed by atoms with E-state index in [-0.39, 0.29) is 12.3 Å². The third kappa shape index (κ3) is 3.05. The van der Waals surface area contributed by atoms with E-state index in [9.17, 15) is 26.3 Å². The van der Waals surface area contributed by atoms with E-state index in [1.54, 1.807) is 0 Å². The molecule has 0 heterocycles. The Labute approximate surface area is 94.8 Å². The highest BCUT2D eigenvalue weighted by atomic mass is 19.4. The van der Waals surface area contributed by atoms with Gasteiger partial charge in [0.1, 0.15) is 0 Å². The molecule has 0 aromatic rings. The van der Waals surface area contributed by atoms with Crippen molar-refractivity contribution in [1.29, 1.82) is 0 Å². The van der Waals surface area contributed by atoms with Gasteiger partial charge in [0.2, 0.25) is 0 Å². The lowest BCUT2D eigenvalue weighted by Crippen LogP contribution is -2.56. The largest absolute Gasteiger partial charge is 0.426 e. The summed E-state index contributed by atoms with van der Waals surface area (Å²) in [6, 6.07) is 0. The van der Waals surface area contributed by atoms with Gasteiger partial charge in [-0.25, -0.2) is 0 Å². The Morgan fingerprint density at radius 3 is 1.65 bits per heavy atom. The average Bonchev–Trinajstić information content (AvgIpc) is 2.62. The van der Waals surface area contributed by atoms with Gasteiger partial charge >= 0.3 is 12.4 Å². The van der Waals surface area contributed by atoms with Crippen LogP contribution in [-0.4, -0.2) is 23.1 Å². The topological polar surface area (TPSA) is 20.2 Å². The molecule has 0 radical (unpaired) electrons. The Hall–Kier alpha value is -0.460. The highest BCUT2D eigenvalue weighted by molar-refractivity contribution is 4.94. The fourth-order valence-corrected chi connectivity index (χ4v) is 2.16. The molecule has 0 aromatic heterocycles. The number of aliphatic hydroxyl groups is 1. The minimum atomic E-state index is -5.68. The van der Waals surface area contributed by atoms with Crippen LogP contribution in [0.3, 0.4) is 0 Å². The third-order valence-corrected chi connectivity index (χ3v) is 3.33. The monoisotopic (exact) mass is 264 g/mol. The second-order valence-corrected chi connectivity index (χ2v) is 4.54. The first-order valence-electron chi connectivity index (χ1n) is 5.44. The molecular weight excluding hydrogens is 250 g/mol. The van der Waals surface area contributed by atoms with Gasteiger partial charge in [0.15, 0.2) is 0 Å². The molecule has 0 aromatic carbocycles. The zero-order chi connectivity index (χ0) is 13.3. The second kappa shape index (κ2) is 4.66. The van der Waals surface area contributed by atoms with E-state index >= 15 is 0 Å². The lowest BCUT2D eigenvalue weighted by molar-refractivity contribution is -0.370. The Kier molecular flexibility index (Phi) is 4.01. The summed E-state index contributed by atoms with van der Waals surface area (Å²) in [4.78, 5) is 0. The summed E-state index contributed by atoms with van der Waals surface area (Å²) in [5, 5.41) is 8.89. The van der Waals surface area contributed by atoms with Gasteiger partial charge in [-0.1, -0.05) is 25.7 Å². The minimum absolute atomic E-state index is 0.133. The Bertz CT molecular complexity index is 237. The second-order valence-electron chi connectivity index (χ2n) is 4.54. The third-order valence-electron chi connectivity index (χ3n) is 3.33. The Morgan fingerprint density at radius 1 is 0.882 bits per heavy atom. The zero-order valence-corrected chi connectivity index (χ0v) is 9.03. The predicted octanol–water partition coefficient (Wildman–Crippen LogP) is 3.81. The molecule has 1 rings (SSSR count). The van der Waals surface area contributed by atoms with Crippen LogP contribution in [0, 0.1) is 5.92 Å². The molecule has 17 heavy (non-hydrogen) atoms. The summed E-state index contributed by atoms with van der Waals surface area (Å²) in [6.07, 6.45) is -9.94. The molecule has 1 N–H and O–H groups in total. The minimum Gasteiger partial charge on any atom is -0.374 e. The van der Waals surface area contributed by atoms with Crippen LogP contribution in [0.15, 0.2) is 0 Å². The van der Waals surface area contributed by atoms with Crippen LogP contribution in [0.2, 0.25) is 0 Å². The first-order valence-corrected chi connectivity index (χ1v) is 5.44. The standard InChI is InChI=1S/C10H14F6O/c11-9(12,13)8(17,10(14,15)16)6-5-7-3-1-2-4-7/h7,17H,1-6H2. The molecule has 7 heteroatoms. The SMILES string of the molecule is OC(CCC1CCCC1)(C(F)(F)F)C(F)(F)F. The normalized spacial score (nSPS) is 19.9. The number of rotatable bonds is 3. The molecule has 0 spiro atoms. The van der Waals surface area contributed by atoms with Gasteiger partial charge in [0.25, 0.3) is 5.60 Å². The number of alkyl halides is 6. The first kappa shape index (κ1) is 14.6. The van der Waals surface area contributed by atoms with E-state index in [4.69, 9.17) is 5.11 Å². The van der Waals surface area contributed by atoms with E-state index in [0.717, 1.165) is 12.8 Å². The van der Waals surface area contributed by atoms with Gasteiger partial charge in [-0.15, -0.1) is 0 Å². The van der Waals surface area contributed by atoms with Crippen LogP contribution in [0.5, 0.6) is 0 Å². The average molecular weight is 264 g/mol. The van der Waals surface area contributed by atoms with E-state index < -0.39 is 24.4 Å². The van der Waals surface area contributed by atoms with Crippen molar-refractivity contribution in [2.45, 2.75) is 56.5 Å². The van der Waals surface area contributed by atoms with Crippen LogP contribution < -0.4 is 0 Å². The summed E-state index contributed by atoms with van der Waals surface area (Å²) in [6.45, 7) is 0. The molecule has 0 bridgehead atoms.